The third kappa shape index (κ3) is 6.83. The lowest BCUT2D eigenvalue weighted by Crippen LogP contribution is -2.46. The zero-order valence-corrected chi connectivity index (χ0v) is 24.4. The molecular weight excluding hydrogens is 532 g/mol. The predicted octanol–water partition coefficient (Wildman–Crippen LogP) is 4.99. The molecule has 3 aliphatic rings. The largest absolute Gasteiger partial charge is 0.492 e. The molecule has 0 aliphatic carbocycles. The lowest BCUT2D eigenvalue weighted by molar-refractivity contribution is 0.0843. The Morgan fingerprint density at radius 2 is 1.55 bits per heavy atom. The van der Waals surface area contributed by atoms with Crippen LogP contribution < -0.4 is 20.3 Å². The number of urea groups is 1. The molecule has 4 heterocycles. The Balaban J connectivity index is 1.13. The number of ether oxygens (including phenoxy) is 3. The number of anilines is 3. The van der Waals surface area contributed by atoms with Gasteiger partial charge in [0.05, 0.1) is 25.3 Å². The maximum absolute atomic E-state index is 12.7. The number of hydrogen-bond donors (Lipinski definition) is 2. The van der Waals surface area contributed by atoms with Crippen LogP contribution in [0.2, 0.25) is 0 Å². The van der Waals surface area contributed by atoms with Gasteiger partial charge in [-0.2, -0.15) is 0 Å². The Morgan fingerprint density at radius 3 is 2.19 bits per heavy atom. The fourth-order valence-corrected chi connectivity index (χ4v) is 5.90. The fraction of sp³-hybridized carbons (Fsp3) is 0.469. The van der Waals surface area contributed by atoms with Crippen LogP contribution in [0.3, 0.4) is 0 Å². The molecule has 3 fully saturated rings. The molecule has 1 aromatic heterocycles. The molecule has 3 saturated heterocycles. The number of aromatic nitrogens is 2. The molecular formula is C32H40N6O4. The van der Waals surface area contributed by atoms with Crippen molar-refractivity contribution in [3.8, 4) is 17.1 Å². The number of carbonyl (C=O) groups is 1. The molecule has 0 radical (unpaired) electrons. The van der Waals surface area contributed by atoms with E-state index in [0.717, 1.165) is 81.5 Å². The van der Waals surface area contributed by atoms with Gasteiger partial charge in [0, 0.05) is 54.4 Å². The zero-order valence-electron chi connectivity index (χ0n) is 24.4. The molecule has 3 aromatic rings. The Hall–Kier alpha value is -3.73. The summed E-state index contributed by atoms with van der Waals surface area (Å²) in [5.41, 5.74) is 3.38. The molecule has 222 valence electrons. The maximum atomic E-state index is 12.7. The van der Waals surface area contributed by atoms with E-state index >= 15 is 0 Å². The van der Waals surface area contributed by atoms with Crippen molar-refractivity contribution < 1.29 is 19.0 Å². The normalized spacial score (nSPS) is 20.5. The first-order valence-corrected chi connectivity index (χ1v) is 14.9. The summed E-state index contributed by atoms with van der Waals surface area (Å²) >= 11 is 0. The lowest BCUT2D eigenvalue weighted by atomic mass is 9.96. The van der Waals surface area contributed by atoms with Crippen LogP contribution in [0.1, 0.15) is 37.3 Å². The second kappa shape index (κ2) is 13.1. The van der Waals surface area contributed by atoms with Crippen molar-refractivity contribution in [1.29, 1.82) is 0 Å². The average molecular weight is 573 g/mol. The van der Waals surface area contributed by atoms with Gasteiger partial charge < -0.3 is 34.6 Å². The van der Waals surface area contributed by atoms with Crippen molar-refractivity contribution in [3.63, 3.8) is 0 Å². The summed E-state index contributed by atoms with van der Waals surface area (Å²) in [6, 6.07) is 17.7. The fourth-order valence-electron chi connectivity index (χ4n) is 5.90. The van der Waals surface area contributed by atoms with Gasteiger partial charge in [-0.25, -0.2) is 14.8 Å². The van der Waals surface area contributed by atoms with Gasteiger partial charge in [0.25, 0.3) is 0 Å². The Kier molecular flexibility index (Phi) is 8.83. The topological polar surface area (TPSA) is 101 Å². The molecule has 2 aromatic carbocycles. The summed E-state index contributed by atoms with van der Waals surface area (Å²) in [7, 11) is 4.01. The number of likely N-dealkylation sites (N-methyl/N-ethyl adjacent to an activating group) is 1. The number of rotatable bonds is 9. The summed E-state index contributed by atoms with van der Waals surface area (Å²) in [6.07, 6.45) is 4.20. The number of nitrogens with zero attached hydrogens (tertiary/aromatic N) is 4. The molecule has 2 atom stereocenters. The molecule has 2 amide bonds. The highest BCUT2D eigenvalue weighted by molar-refractivity contribution is 5.99. The Morgan fingerprint density at radius 1 is 0.905 bits per heavy atom. The number of fused-ring (bicyclic) bond motifs is 2. The summed E-state index contributed by atoms with van der Waals surface area (Å²) < 4.78 is 17.2. The van der Waals surface area contributed by atoms with Crippen LogP contribution in [0.15, 0.2) is 54.6 Å². The van der Waals surface area contributed by atoms with E-state index in [1.807, 2.05) is 62.6 Å². The van der Waals surface area contributed by atoms with Crippen molar-refractivity contribution in [2.24, 2.45) is 0 Å². The molecule has 3 aliphatic heterocycles. The van der Waals surface area contributed by atoms with E-state index in [9.17, 15) is 4.79 Å². The number of nitrogens with one attached hydrogen (secondary N) is 2. The Labute approximate surface area is 247 Å². The lowest BCUT2D eigenvalue weighted by Gasteiger charge is -2.36. The first-order valence-electron chi connectivity index (χ1n) is 14.9. The van der Waals surface area contributed by atoms with Gasteiger partial charge in [0.2, 0.25) is 0 Å². The van der Waals surface area contributed by atoms with Gasteiger partial charge in [0.1, 0.15) is 18.2 Å². The molecule has 2 unspecified atom stereocenters. The highest BCUT2D eigenvalue weighted by Crippen LogP contribution is 2.36. The van der Waals surface area contributed by atoms with Gasteiger partial charge in [-0.15, -0.1) is 0 Å². The van der Waals surface area contributed by atoms with E-state index in [-0.39, 0.29) is 6.03 Å². The molecule has 2 bridgehead atoms. The second-order valence-corrected chi connectivity index (χ2v) is 11.5. The summed E-state index contributed by atoms with van der Waals surface area (Å²) in [6.45, 7) is 4.47. The van der Waals surface area contributed by atoms with Crippen LogP contribution in [-0.2, 0) is 9.47 Å². The van der Waals surface area contributed by atoms with Crippen LogP contribution in [0, 0.1) is 0 Å². The minimum Gasteiger partial charge on any atom is -0.492 e. The molecule has 0 spiro atoms. The number of amides is 2. The Bertz CT molecular complexity index is 1330. The third-order valence-corrected chi connectivity index (χ3v) is 8.20. The van der Waals surface area contributed by atoms with E-state index in [0.29, 0.717) is 41.8 Å². The van der Waals surface area contributed by atoms with Crippen molar-refractivity contribution in [3.05, 3.63) is 60.3 Å². The number of benzene rings is 2. The van der Waals surface area contributed by atoms with Crippen LogP contribution in [-0.4, -0.2) is 86.7 Å². The minimum atomic E-state index is -0.313. The van der Waals surface area contributed by atoms with Crippen LogP contribution in [0.5, 0.6) is 5.75 Å². The molecule has 42 heavy (non-hydrogen) atoms. The van der Waals surface area contributed by atoms with E-state index < -0.39 is 0 Å². The van der Waals surface area contributed by atoms with Crippen LogP contribution in [0.4, 0.5) is 22.0 Å². The maximum Gasteiger partial charge on any atom is 0.323 e. The molecule has 10 nitrogen and oxygen atoms in total. The molecule has 2 N–H and O–H groups in total. The van der Waals surface area contributed by atoms with E-state index in [1.54, 1.807) is 0 Å². The van der Waals surface area contributed by atoms with Crippen molar-refractivity contribution in [1.82, 2.24) is 14.9 Å². The van der Waals surface area contributed by atoms with E-state index in [2.05, 4.69) is 26.5 Å². The second-order valence-electron chi connectivity index (χ2n) is 11.5. The highest BCUT2D eigenvalue weighted by atomic mass is 16.5. The molecule has 6 rings (SSSR count). The summed E-state index contributed by atoms with van der Waals surface area (Å²) in [5.74, 6) is 2.84. The van der Waals surface area contributed by atoms with E-state index in [4.69, 9.17) is 24.2 Å². The number of carbonyl (C=O) groups excluding carboxylic acids is 1. The smallest absolute Gasteiger partial charge is 0.323 e. The number of morpholine rings is 1. The predicted molar refractivity (Wildman–Crippen MR) is 164 cm³/mol. The van der Waals surface area contributed by atoms with Crippen LogP contribution >= 0.6 is 0 Å². The standard InChI is InChI=1S/C32H40N6O4/c1-37(2)15-18-42-28-11-7-25(8-12-28)34-32(39)33-24-5-3-23(4-6-24)31-35-29(22-13-16-40-17-14-22)19-30(36-31)38-26-9-10-27(38)21-41-20-26/h3-8,11-12,19,22,26-27H,9-10,13-18,20-21H2,1-2H3,(H2,33,34,39). The summed E-state index contributed by atoms with van der Waals surface area (Å²) in [4.78, 5) is 27.3. The SMILES string of the molecule is CN(C)CCOc1ccc(NC(=O)Nc2ccc(-c3nc(C4CCOCC4)cc(N4C5CCC4COC5)n3)cc2)cc1. The van der Waals surface area contributed by atoms with Gasteiger partial charge in [0.15, 0.2) is 5.82 Å². The van der Waals surface area contributed by atoms with E-state index in [1.165, 1.54) is 0 Å². The first kappa shape index (κ1) is 28.4. The van der Waals surface area contributed by atoms with Crippen molar-refractivity contribution >= 4 is 23.2 Å². The third-order valence-electron chi connectivity index (χ3n) is 8.20. The van der Waals surface area contributed by atoms with Gasteiger partial charge in [-0.1, -0.05) is 0 Å². The summed E-state index contributed by atoms with van der Waals surface area (Å²) in [5, 5.41) is 5.79. The first-order chi connectivity index (χ1) is 20.5. The van der Waals surface area contributed by atoms with Crippen molar-refractivity contribution in [2.75, 3.05) is 69.2 Å². The highest BCUT2D eigenvalue weighted by Gasteiger charge is 2.38. The molecule has 10 heteroatoms. The number of hydrogen-bond acceptors (Lipinski definition) is 8. The average Bonchev–Trinajstić information content (AvgIpc) is 3.26. The molecule has 0 saturated carbocycles. The zero-order chi connectivity index (χ0) is 28.9. The minimum absolute atomic E-state index is 0.313. The van der Waals surface area contributed by atoms with Gasteiger partial charge in [-0.3, -0.25) is 0 Å². The monoisotopic (exact) mass is 572 g/mol. The van der Waals surface area contributed by atoms with Crippen molar-refractivity contribution in [2.45, 2.75) is 43.7 Å². The quantitative estimate of drug-likeness (QED) is 0.370. The van der Waals surface area contributed by atoms with Gasteiger partial charge >= 0.3 is 6.03 Å². The van der Waals surface area contributed by atoms with Gasteiger partial charge in [-0.05, 0) is 88.3 Å². The van der Waals surface area contributed by atoms with Crippen LogP contribution in [0.25, 0.3) is 11.4 Å².